The number of para-hydroxylation sites is 1. The summed E-state index contributed by atoms with van der Waals surface area (Å²) >= 11 is 1.15. The van der Waals surface area contributed by atoms with Crippen LogP contribution < -0.4 is 15.6 Å². The Hall–Kier alpha value is -2.94. The number of hydrogen-bond donors (Lipinski definition) is 1. The second kappa shape index (κ2) is 8.39. The first-order chi connectivity index (χ1) is 13.3. The lowest BCUT2D eigenvalue weighted by molar-refractivity contribution is -0.115. The van der Waals surface area contributed by atoms with Gasteiger partial charge in [-0.25, -0.2) is 4.98 Å². The van der Waals surface area contributed by atoms with Crippen molar-refractivity contribution in [2.24, 2.45) is 7.05 Å². The van der Waals surface area contributed by atoms with Crippen LogP contribution in [0.15, 0.2) is 58.5 Å². The number of hydrogen-bond acceptors (Lipinski definition) is 5. The van der Waals surface area contributed by atoms with E-state index >= 15 is 0 Å². The number of halogens is 2. The van der Waals surface area contributed by atoms with Gasteiger partial charge in [-0.05, 0) is 43.3 Å². The van der Waals surface area contributed by atoms with E-state index in [0.29, 0.717) is 21.7 Å². The van der Waals surface area contributed by atoms with Crippen LogP contribution >= 0.6 is 11.8 Å². The Labute approximate surface area is 163 Å². The zero-order chi connectivity index (χ0) is 20.3. The zero-order valence-corrected chi connectivity index (χ0v) is 15.9. The van der Waals surface area contributed by atoms with Gasteiger partial charge in [0, 0.05) is 12.7 Å². The molecule has 28 heavy (non-hydrogen) atoms. The van der Waals surface area contributed by atoms with Crippen LogP contribution in [0.2, 0.25) is 0 Å². The Balaban J connectivity index is 1.71. The van der Waals surface area contributed by atoms with Crippen molar-refractivity contribution in [3.8, 4) is 5.75 Å². The molecule has 0 saturated heterocycles. The van der Waals surface area contributed by atoms with Crippen LogP contribution in [0.5, 0.6) is 5.75 Å². The number of carbonyl (C=O) groups is 1. The Morgan fingerprint density at radius 3 is 2.54 bits per heavy atom. The number of alkyl halides is 2. The number of fused-ring (bicyclic) bond motifs is 1. The molecule has 0 aliphatic heterocycles. The van der Waals surface area contributed by atoms with E-state index < -0.39 is 11.9 Å². The summed E-state index contributed by atoms with van der Waals surface area (Å²) < 4.78 is 30.0. The molecule has 0 bridgehead atoms. The first-order valence-electron chi connectivity index (χ1n) is 8.33. The maximum Gasteiger partial charge on any atom is 0.387 e. The normalized spacial score (nSPS) is 12.2. The number of rotatable bonds is 6. The minimum Gasteiger partial charge on any atom is -0.435 e. The van der Waals surface area contributed by atoms with Gasteiger partial charge in [-0.2, -0.15) is 8.78 Å². The third kappa shape index (κ3) is 4.48. The number of anilines is 1. The summed E-state index contributed by atoms with van der Waals surface area (Å²) in [6.07, 6.45) is 0. The summed E-state index contributed by atoms with van der Waals surface area (Å²) in [5, 5.41) is 3.09. The van der Waals surface area contributed by atoms with Crippen molar-refractivity contribution in [1.82, 2.24) is 9.55 Å². The van der Waals surface area contributed by atoms with Crippen LogP contribution in [0, 0.1) is 0 Å². The molecule has 1 unspecified atom stereocenters. The van der Waals surface area contributed by atoms with E-state index in [1.165, 1.54) is 28.8 Å². The van der Waals surface area contributed by atoms with Crippen LogP contribution in [-0.4, -0.2) is 27.3 Å². The summed E-state index contributed by atoms with van der Waals surface area (Å²) in [4.78, 5) is 29.3. The van der Waals surface area contributed by atoms with E-state index in [-0.39, 0.29) is 17.2 Å². The van der Waals surface area contributed by atoms with Crippen molar-refractivity contribution in [3.05, 3.63) is 58.9 Å². The maximum atomic E-state index is 12.4. The highest BCUT2D eigenvalue weighted by Gasteiger charge is 2.18. The number of aromatic nitrogens is 2. The minimum atomic E-state index is -2.90. The Morgan fingerprint density at radius 2 is 1.86 bits per heavy atom. The minimum absolute atomic E-state index is 0.00536. The molecule has 1 amide bonds. The van der Waals surface area contributed by atoms with Gasteiger partial charge in [-0.3, -0.25) is 14.2 Å². The van der Waals surface area contributed by atoms with Crippen LogP contribution in [0.3, 0.4) is 0 Å². The third-order valence-electron chi connectivity index (χ3n) is 3.94. The molecule has 3 aromatic rings. The predicted molar refractivity (Wildman–Crippen MR) is 104 cm³/mol. The molecule has 0 radical (unpaired) electrons. The summed E-state index contributed by atoms with van der Waals surface area (Å²) in [7, 11) is 1.61. The van der Waals surface area contributed by atoms with E-state index in [4.69, 9.17) is 0 Å². The number of thioether (sulfide) groups is 1. The van der Waals surface area contributed by atoms with Gasteiger partial charge in [0.25, 0.3) is 5.56 Å². The van der Waals surface area contributed by atoms with E-state index in [2.05, 4.69) is 15.0 Å². The van der Waals surface area contributed by atoms with Crippen molar-refractivity contribution < 1.29 is 18.3 Å². The number of benzene rings is 2. The second-order valence-corrected chi connectivity index (χ2v) is 7.24. The van der Waals surface area contributed by atoms with Gasteiger partial charge >= 0.3 is 6.61 Å². The maximum absolute atomic E-state index is 12.4. The van der Waals surface area contributed by atoms with Crippen molar-refractivity contribution in [3.63, 3.8) is 0 Å². The van der Waals surface area contributed by atoms with Crippen molar-refractivity contribution >= 4 is 34.3 Å². The van der Waals surface area contributed by atoms with Gasteiger partial charge < -0.3 is 10.1 Å². The van der Waals surface area contributed by atoms with Crippen LogP contribution in [0.4, 0.5) is 14.5 Å². The fraction of sp³-hybridized carbons (Fsp3) is 0.211. The number of carbonyl (C=O) groups excluding carboxylic acids is 1. The molecule has 1 heterocycles. The number of amides is 1. The molecule has 146 valence electrons. The number of nitrogens with zero attached hydrogens (tertiary/aromatic N) is 2. The lowest BCUT2D eigenvalue weighted by Crippen LogP contribution is -2.25. The number of nitrogens with one attached hydrogen (secondary N) is 1. The van der Waals surface area contributed by atoms with Gasteiger partial charge in [0.15, 0.2) is 5.16 Å². The van der Waals surface area contributed by atoms with Gasteiger partial charge in [0.05, 0.1) is 16.2 Å². The Kier molecular flexibility index (Phi) is 5.93. The highest BCUT2D eigenvalue weighted by atomic mass is 32.2. The van der Waals surface area contributed by atoms with Crippen molar-refractivity contribution in [2.45, 2.75) is 23.9 Å². The summed E-state index contributed by atoms with van der Waals surface area (Å²) in [5.74, 6) is -0.305. The molecule has 1 N–H and O–H groups in total. The lowest BCUT2D eigenvalue weighted by atomic mass is 10.2. The molecule has 1 aromatic heterocycles. The molecule has 0 aliphatic carbocycles. The highest BCUT2D eigenvalue weighted by molar-refractivity contribution is 8.00. The van der Waals surface area contributed by atoms with Crippen LogP contribution in [0.1, 0.15) is 6.92 Å². The first-order valence-corrected chi connectivity index (χ1v) is 9.21. The van der Waals surface area contributed by atoms with Gasteiger partial charge in [0.2, 0.25) is 5.91 Å². The second-order valence-electron chi connectivity index (χ2n) is 5.93. The molecule has 0 aliphatic rings. The van der Waals surface area contributed by atoms with Crippen LogP contribution in [-0.2, 0) is 11.8 Å². The molecular weight excluding hydrogens is 388 g/mol. The molecule has 0 saturated carbocycles. The largest absolute Gasteiger partial charge is 0.435 e. The van der Waals surface area contributed by atoms with E-state index in [1.807, 2.05) is 0 Å². The molecule has 6 nitrogen and oxygen atoms in total. The first kappa shape index (κ1) is 19.8. The highest BCUT2D eigenvalue weighted by Crippen LogP contribution is 2.24. The SMILES string of the molecule is CC(Sc1nc2ccccc2c(=O)n1C)C(=O)Nc1ccc(OC(F)F)cc1. The van der Waals surface area contributed by atoms with Crippen molar-refractivity contribution in [2.75, 3.05) is 5.32 Å². The Bertz CT molecular complexity index is 1050. The quantitative estimate of drug-likeness (QED) is 0.501. The third-order valence-corrected chi connectivity index (χ3v) is 5.08. The topological polar surface area (TPSA) is 73.2 Å². The molecule has 0 fully saturated rings. The molecule has 0 spiro atoms. The average molecular weight is 405 g/mol. The zero-order valence-electron chi connectivity index (χ0n) is 15.1. The standard InChI is InChI=1S/C19H17F2N3O3S/c1-11(16(25)22-12-7-9-13(10-8-12)27-18(20)21)28-19-23-15-6-4-3-5-14(15)17(26)24(19)2/h3-11,18H,1-2H3,(H,22,25). The van der Waals surface area contributed by atoms with E-state index in [0.717, 1.165) is 11.8 Å². The number of ether oxygens (including phenoxy) is 1. The lowest BCUT2D eigenvalue weighted by Gasteiger charge is -2.14. The monoisotopic (exact) mass is 405 g/mol. The summed E-state index contributed by atoms with van der Waals surface area (Å²) in [6, 6.07) is 12.6. The molecule has 3 rings (SSSR count). The predicted octanol–water partition coefficient (Wildman–Crippen LogP) is 3.65. The summed E-state index contributed by atoms with van der Waals surface area (Å²) in [6.45, 7) is -1.21. The fourth-order valence-corrected chi connectivity index (χ4v) is 3.35. The van der Waals surface area contributed by atoms with Gasteiger partial charge in [0.1, 0.15) is 5.75 Å². The molecule has 9 heteroatoms. The molecular formula is C19H17F2N3O3S. The van der Waals surface area contributed by atoms with Crippen LogP contribution in [0.25, 0.3) is 10.9 Å². The average Bonchev–Trinajstić information content (AvgIpc) is 2.67. The van der Waals surface area contributed by atoms with Crippen molar-refractivity contribution in [1.29, 1.82) is 0 Å². The smallest absolute Gasteiger partial charge is 0.387 e. The Morgan fingerprint density at radius 1 is 1.18 bits per heavy atom. The van der Waals surface area contributed by atoms with Gasteiger partial charge in [-0.1, -0.05) is 23.9 Å². The van der Waals surface area contributed by atoms with E-state index in [1.54, 1.807) is 38.2 Å². The molecule has 2 aromatic carbocycles. The van der Waals surface area contributed by atoms with E-state index in [9.17, 15) is 18.4 Å². The summed E-state index contributed by atoms with van der Waals surface area (Å²) in [5.41, 5.74) is 0.824. The fourth-order valence-electron chi connectivity index (χ4n) is 2.48. The molecule has 1 atom stereocenters. The van der Waals surface area contributed by atoms with Gasteiger partial charge in [-0.15, -0.1) is 0 Å².